The predicted molar refractivity (Wildman–Crippen MR) is 147 cm³/mol. The van der Waals surface area contributed by atoms with Crippen LogP contribution < -0.4 is 9.47 Å². The maximum absolute atomic E-state index is 12.5. The van der Waals surface area contributed by atoms with Crippen LogP contribution in [0.3, 0.4) is 0 Å². The van der Waals surface area contributed by atoms with Crippen LogP contribution in [0.4, 0.5) is 13.2 Å². The molecule has 204 valence electrons. The quantitative estimate of drug-likeness (QED) is 0.127. The van der Waals surface area contributed by atoms with Crippen molar-refractivity contribution in [3.63, 3.8) is 0 Å². The van der Waals surface area contributed by atoms with Gasteiger partial charge in [0.1, 0.15) is 11.5 Å². The van der Waals surface area contributed by atoms with Gasteiger partial charge in [-0.05, 0) is 74.5 Å². The van der Waals surface area contributed by atoms with Crippen molar-refractivity contribution in [1.29, 1.82) is 0 Å². The zero-order valence-corrected chi connectivity index (χ0v) is 22.6. The fourth-order valence-corrected chi connectivity index (χ4v) is 5.78. The van der Waals surface area contributed by atoms with Gasteiger partial charge in [-0.3, -0.25) is 0 Å². The number of ether oxygens (including phenoxy) is 3. The molecule has 0 aliphatic heterocycles. The predicted octanol–water partition coefficient (Wildman–Crippen LogP) is 7.43. The van der Waals surface area contributed by atoms with E-state index in [1.807, 2.05) is 54.6 Å². The van der Waals surface area contributed by atoms with Crippen molar-refractivity contribution in [2.75, 3.05) is 6.61 Å². The molecule has 0 N–H and O–H groups in total. The monoisotopic (exact) mass is 563 g/mol. The van der Waals surface area contributed by atoms with Gasteiger partial charge in [0.25, 0.3) is 0 Å². The SMILES string of the molecule is CC(C)(C#Cc1ccc(OC(F)(F)F)cc1)OC(=O)COc1cccc([S+](c2ccccc2)c2ccccc2)c1. The molecule has 0 amide bonds. The van der Waals surface area contributed by atoms with E-state index in [0.717, 1.165) is 14.7 Å². The van der Waals surface area contributed by atoms with E-state index in [-0.39, 0.29) is 23.3 Å². The number of benzene rings is 4. The summed E-state index contributed by atoms with van der Waals surface area (Å²) in [7, 11) is -0.361. The average molecular weight is 564 g/mol. The van der Waals surface area contributed by atoms with Crippen LogP contribution in [0.1, 0.15) is 19.4 Å². The van der Waals surface area contributed by atoms with Gasteiger partial charge in [0.2, 0.25) is 0 Å². The molecule has 0 aromatic heterocycles. The van der Waals surface area contributed by atoms with Crippen molar-refractivity contribution in [1.82, 2.24) is 0 Å². The molecule has 4 rings (SSSR count). The highest BCUT2D eigenvalue weighted by atomic mass is 32.2. The number of esters is 1. The Labute approximate surface area is 234 Å². The molecule has 0 radical (unpaired) electrons. The highest BCUT2D eigenvalue weighted by molar-refractivity contribution is 7.97. The zero-order chi connectivity index (χ0) is 28.6. The molecule has 0 aliphatic carbocycles. The lowest BCUT2D eigenvalue weighted by Crippen LogP contribution is -2.29. The van der Waals surface area contributed by atoms with Crippen molar-refractivity contribution in [2.45, 2.75) is 40.5 Å². The Kier molecular flexibility index (Phi) is 9.08. The van der Waals surface area contributed by atoms with Crippen LogP contribution in [0.5, 0.6) is 11.5 Å². The summed E-state index contributed by atoms with van der Waals surface area (Å²) in [5.41, 5.74) is -0.713. The molecule has 0 heterocycles. The molecule has 8 heteroatoms. The summed E-state index contributed by atoms with van der Waals surface area (Å²) < 4.78 is 52.1. The van der Waals surface area contributed by atoms with E-state index in [9.17, 15) is 18.0 Å². The van der Waals surface area contributed by atoms with Crippen molar-refractivity contribution in [3.05, 3.63) is 115 Å². The van der Waals surface area contributed by atoms with Crippen molar-refractivity contribution >= 4 is 16.9 Å². The van der Waals surface area contributed by atoms with Crippen molar-refractivity contribution in [2.24, 2.45) is 0 Å². The van der Waals surface area contributed by atoms with Crippen LogP contribution in [-0.2, 0) is 20.4 Å². The number of hydrogen-bond acceptors (Lipinski definition) is 4. The van der Waals surface area contributed by atoms with Crippen molar-refractivity contribution in [3.8, 4) is 23.3 Å². The number of halogens is 3. The first-order chi connectivity index (χ1) is 19.1. The molecular weight excluding hydrogens is 537 g/mol. The third-order valence-electron chi connectivity index (χ3n) is 5.32. The molecule has 4 aromatic carbocycles. The Morgan fingerprint density at radius 2 is 1.32 bits per heavy atom. The molecule has 0 atom stereocenters. The zero-order valence-electron chi connectivity index (χ0n) is 21.8. The molecule has 0 bridgehead atoms. The van der Waals surface area contributed by atoms with Crippen LogP contribution >= 0.6 is 0 Å². The summed E-state index contributed by atoms with van der Waals surface area (Å²) in [4.78, 5) is 15.9. The molecule has 4 aromatic rings. The average Bonchev–Trinajstić information content (AvgIpc) is 2.92. The molecule has 0 saturated heterocycles. The minimum atomic E-state index is -4.77. The molecule has 0 fully saturated rings. The first-order valence-corrected chi connectivity index (χ1v) is 13.5. The fraction of sp³-hybridized carbons (Fsp3) is 0.156. The van der Waals surface area contributed by atoms with Gasteiger partial charge in [-0.2, -0.15) is 0 Å². The largest absolute Gasteiger partial charge is 0.573 e. The molecule has 0 unspecified atom stereocenters. The van der Waals surface area contributed by atoms with E-state index < -0.39 is 17.9 Å². The number of hydrogen-bond donors (Lipinski definition) is 0. The molecule has 0 spiro atoms. The summed E-state index contributed by atoms with van der Waals surface area (Å²) in [6.45, 7) is 2.92. The minimum absolute atomic E-state index is 0.317. The van der Waals surface area contributed by atoms with E-state index in [0.29, 0.717) is 11.3 Å². The van der Waals surface area contributed by atoms with E-state index in [1.54, 1.807) is 19.9 Å². The maximum atomic E-state index is 12.5. The van der Waals surface area contributed by atoms with E-state index in [1.165, 1.54) is 24.3 Å². The van der Waals surface area contributed by atoms with Crippen molar-refractivity contribution < 1.29 is 32.2 Å². The van der Waals surface area contributed by atoms with Crippen LogP contribution in [0.15, 0.2) is 124 Å². The molecule has 40 heavy (non-hydrogen) atoms. The van der Waals surface area contributed by atoms with Gasteiger partial charge in [0.15, 0.2) is 26.9 Å². The van der Waals surface area contributed by atoms with Gasteiger partial charge in [-0.25, -0.2) is 4.79 Å². The highest BCUT2D eigenvalue weighted by Gasteiger charge is 2.31. The molecular formula is C32H26F3O4S+. The van der Waals surface area contributed by atoms with Gasteiger partial charge in [-0.15, -0.1) is 13.2 Å². The number of carbonyl (C=O) groups excluding carboxylic acids is 1. The summed E-state index contributed by atoms with van der Waals surface area (Å²) in [6, 6.07) is 33.1. The van der Waals surface area contributed by atoms with Gasteiger partial charge >= 0.3 is 12.3 Å². The van der Waals surface area contributed by atoms with Crippen LogP contribution in [0, 0.1) is 11.8 Å². The topological polar surface area (TPSA) is 44.8 Å². The number of carbonyl (C=O) groups is 1. The van der Waals surface area contributed by atoms with Crippen LogP contribution in [-0.4, -0.2) is 24.5 Å². The van der Waals surface area contributed by atoms with Gasteiger partial charge in [-0.1, -0.05) is 54.3 Å². The first-order valence-electron chi connectivity index (χ1n) is 12.3. The summed E-state index contributed by atoms with van der Waals surface area (Å²) in [5, 5.41) is 0. The minimum Gasteiger partial charge on any atom is -0.482 e. The van der Waals surface area contributed by atoms with Crippen LogP contribution in [0.2, 0.25) is 0 Å². The summed E-state index contributed by atoms with van der Waals surface area (Å²) in [5.74, 6) is 5.20. The first kappa shape index (κ1) is 28.7. The smallest absolute Gasteiger partial charge is 0.482 e. The Morgan fingerprint density at radius 3 is 1.90 bits per heavy atom. The number of alkyl halides is 3. The van der Waals surface area contributed by atoms with Crippen LogP contribution in [0.25, 0.3) is 0 Å². The van der Waals surface area contributed by atoms with E-state index in [4.69, 9.17) is 9.47 Å². The van der Waals surface area contributed by atoms with Gasteiger partial charge in [0, 0.05) is 11.6 Å². The van der Waals surface area contributed by atoms with E-state index >= 15 is 0 Å². The third kappa shape index (κ3) is 8.58. The van der Waals surface area contributed by atoms with Gasteiger partial charge in [0.05, 0.1) is 10.9 Å². The second kappa shape index (κ2) is 12.7. The Morgan fingerprint density at radius 1 is 0.750 bits per heavy atom. The summed E-state index contributed by atoms with van der Waals surface area (Å²) in [6.07, 6.45) is -4.77. The summed E-state index contributed by atoms with van der Waals surface area (Å²) >= 11 is 0. The lowest BCUT2D eigenvalue weighted by molar-refractivity contribution is -0.274. The second-order valence-electron chi connectivity index (χ2n) is 9.00. The Balaban J connectivity index is 1.39. The molecule has 0 aliphatic rings. The second-order valence-corrected chi connectivity index (χ2v) is 11.0. The third-order valence-corrected chi connectivity index (χ3v) is 7.53. The Bertz CT molecular complexity index is 1440. The molecule has 0 saturated carbocycles. The highest BCUT2D eigenvalue weighted by Crippen LogP contribution is 2.32. The van der Waals surface area contributed by atoms with E-state index in [2.05, 4.69) is 40.8 Å². The fourth-order valence-electron chi connectivity index (χ4n) is 3.66. The lowest BCUT2D eigenvalue weighted by Gasteiger charge is -2.19. The van der Waals surface area contributed by atoms with Gasteiger partial charge < -0.3 is 14.2 Å². The Hall–Kier alpha value is -4.35. The molecule has 4 nitrogen and oxygen atoms in total. The number of rotatable bonds is 8. The lowest BCUT2D eigenvalue weighted by atomic mass is 10.1. The standard InChI is InChI=1S/C32H26F3O4S/c1-31(2,21-20-24-16-18-25(19-17-24)38-32(33,34)35)39-30(36)23-37-26-10-9-15-29(22-26)40(27-11-5-3-6-12-27)28-13-7-4-8-14-28/h3-19,22H,23H2,1-2H3/q+1. The normalized spacial score (nSPS) is 11.3. The maximum Gasteiger partial charge on any atom is 0.573 e.